The smallest absolute Gasteiger partial charge is 0.289 e. The van der Waals surface area contributed by atoms with Gasteiger partial charge in [-0.2, -0.15) is 8.42 Å². The van der Waals surface area contributed by atoms with Crippen LogP contribution >= 0.6 is 0 Å². The van der Waals surface area contributed by atoms with E-state index in [-0.39, 0.29) is 17.3 Å². The fourth-order valence-electron chi connectivity index (χ4n) is 5.39. The second-order valence-electron chi connectivity index (χ2n) is 9.14. The van der Waals surface area contributed by atoms with E-state index in [0.717, 1.165) is 22.3 Å². The zero-order valence-electron chi connectivity index (χ0n) is 18.2. The average Bonchev–Trinajstić information content (AvgIpc) is 3.05. The maximum atomic E-state index is 12.9. The van der Waals surface area contributed by atoms with E-state index in [1.165, 1.54) is 7.05 Å². The molecular formula is C23H27NO6S. The molecule has 166 valence electrons. The minimum Gasteiger partial charge on any atom is -0.496 e. The van der Waals surface area contributed by atoms with Crippen molar-refractivity contribution < 1.29 is 27.0 Å². The van der Waals surface area contributed by atoms with Crippen molar-refractivity contribution in [1.82, 2.24) is 5.06 Å². The molecular weight excluding hydrogens is 418 g/mol. The summed E-state index contributed by atoms with van der Waals surface area (Å²) in [5, 5.41) is 2.36. The molecule has 2 unspecified atom stereocenters. The van der Waals surface area contributed by atoms with Gasteiger partial charge >= 0.3 is 0 Å². The zero-order chi connectivity index (χ0) is 22.6. The van der Waals surface area contributed by atoms with Gasteiger partial charge in [0.2, 0.25) is 0 Å². The van der Waals surface area contributed by atoms with Gasteiger partial charge in [-0.25, -0.2) is 5.06 Å². The van der Waals surface area contributed by atoms with Crippen molar-refractivity contribution in [2.75, 3.05) is 19.9 Å². The molecule has 2 fully saturated rings. The van der Waals surface area contributed by atoms with E-state index in [0.29, 0.717) is 18.6 Å². The van der Waals surface area contributed by atoms with Crippen LogP contribution in [-0.2, 0) is 19.2 Å². The number of carbonyl (C=O) groups excluding carboxylic acids is 2. The monoisotopic (exact) mass is 445 g/mol. The Morgan fingerprint density at radius 3 is 2.58 bits per heavy atom. The summed E-state index contributed by atoms with van der Waals surface area (Å²) in [5.74, 6) is -0.134. The molecule has 0 radical (unpaired) electrons. The molecule has 0 saturated heterocycles. The van der Waals surface area contributed by atoms with Crippen LogP contribution in [0.3, 0.4) is 0 Å². The van der Waals surface area contributed by atoms with Crippen LogP contribution in [0.5, 0.6) is 5.75 Å². The van der Waals surface area contributed by atoms with Crippen molar-refractivity contribution in [2.24, 2.45) is 16.7 Å². The highest BCUT2D eigenvalue weighted by atomic mass is 32.2. The third-order valence-electron chi connectivity index (χ3n) is 7.38. The summed E-state index contributed by atoms with van der Waals surface area (Å²) in [4.78, 5) is 25.5. The quantitative estimate of drug-likeness (QED) is 0.632. The molecule has 2 aromatic rings. The second kappa shape index (κ2) is 7.31. The Morgan fingerprint density at radius 1 is 1.23 bits per heavy atom. The summed E-state index contributed by atoms with van der Waals surface area (Å²) in [5.41, 5.74) is -1.06. The molecule has 2 saturated carbocycles. The molecule has 8 heteroatoms. The highest BCUT2D eigenvalue weighted by Gasteiger charge is 2.65. The predicted octanol–water partition coefficient (Wildman–Crippen LogP) is 3.58. The van der Waals surface area contributed by atoms with E-state index in [9.17, 15) is 18.0 Å². The molecule has 4 rings (SSSR count). The highest BCUT2D eigenvalue weighted by Crippen LogP contribution is 2.64. The van der Waals surface area contributed by atoms with Crippen molar-refractivity contribution in [1.29, 1.82) is 0 Å². The SMILES string of the molecule is COc1cccc2cc(C(=O)N(C)OS(=O)(=O)CC34CCC(CC3=O)C4(C)C)ccc12. The third kappa shape index (κ3) is 3.42. The number of carbonyl (C=O) groups is 2. The van der Waals surface area contributed by atoms with Gasteiger partial charge in [0.15, 0.2) is 0 Å². The summed E-state index contributed by atoms with van der Waals surface area (Å²) in [6.07, 6.45) is 1.79. The number of methoxy groups -OCH3 is 1. The lowest BCUT2D eigenvalue weighted by Crippen LogP contribution is -2.44. The molecule has 31 heavy (non-hydrogen) atoms. The first-order valence-electron chi connectivity index (χ1n) is 10.3. The van der Waals surface area contributed by atoms with E-state index in [4.69, 9.17) is 9.02 Å². The molecule has 1 amide bonds. The first kappa shape index (κ1) is 21.8. The maximum absolute atomic E-state index is 12.9. The Labute approximate surface area is 182 Å². The van der Waals surface area contributed by atoms with Gasteiger partial charge in [0.25, 0.3) is 16.0 Å². The van der Waals surface area contributed by atoms with Crippen LogP contribution in [0.15, 0.2) is 36.4 Å². The fraction of sp³-hybridized carbons (Fsp3) is 0.478. The van der Waals surface area contributed by atoms with Crippen LogP contribution in [0.2, 0.25) is 0 Å². The normalized spacial score (nSPS) is 24.5. The number of benzene rings is 2. The topological polar surface area (TPSA) is 90.0 Å². The lowest BCUT2D eigenvalue weighted by molar-refractivity contribution is -0.128. The summed E-state index contributed by atoms with van der Waals surface area (Å²) in [7, 11) is -1.31. The average molecular weight is 446 g/mol. The molecule has 2 atom stereocenters. The van der Waals surface area contributed by atoms with Crippen LogP contribution in [0.1, 0.15) is 43.5 Å². The summed E-state index contributed by atoms with van der Waals surface area (Å²) < 4.78 is 36.2. The maximum Gasteiger partial charge on any atom is 0.289 e. The standard InChI is InChI=1S/C23H27NO6S/c1-22(2)17-10-11-23(22,20(25)13-17)14-31(27,28)30-24(3)21(26)16-8-9-18-15(12-16)6-5-7-19(18)29-4/h5-9,12,17H,10-11,13-14H2,1-4H3. The van der Waals surface area contributed by atoms with Crippen molar-refractivity contribution in [2.45, 2.75) is 33.1 Å². The van der Waals surface area contributed by atoms with E-state index in [2.05, 4.69) is 0 Å². The van der Waals surface area contributed by atoms with Gasteiger partial charge in [0.05, 0.1) is 18.3 Å². The van der Waals surface area contributed by atoms with Gasteiger partial charge in [-0.3, -0.25) is 9.59 Å². The van der Waals surface area contributed by atoms with Crippen molar-refractivity contribution in [3.63, 3.8) is 0 Å². The van der Waals surface area contributed by atoms with Gasteiger partial charge in [0.1, 0.15) is 11.5 Å². The van der Waals surface area contributed by atoms with E-state index >= 15 is 0 Å². The summed E-state index contributed by atoms with van der Waals surface area (Å²) >= 11 is 0. The Kier molecular flexibility index (Phi) is 5.13. The Bertz CT molecular complexity index is 1170. The lowest BCUT2D eigenvalue weighted by atomic mass is 9.70. The predicted molar refractivity (Wildman–Crippen MR) is 116 cm³/mol. The Balaban J connectivity index is 1.54. The minimum absolute atomic E-state index is 0.0154. The molecule has 2 aliphatic rings. The molecule has 2 aromatic carbocycles. The first-order valence-corrected chi connectivity index (χ1v) is 11.9. The van der Waals surface area contributed by atoms with Gasteiger partial charge in [-0.05, 0) is 53.8 Å². The number of hydrogen-bond acceptors (Lipinski definition) is 6. The van der Waals surface area contributed by atoms with Crippen LogP contribution < -0.4 is 4.74 Å². The van der Waals surface area contributed by atoms with Crippen LogP contribution in [0, 0.1) is 16.7 Å². The molecule has 0 heterocycles. The van der Waals surface area contributed by atoms with Crippen molar-refractivity contribution in [3.05, 3.63) is 42.0 Å². The largest absolute Gasteiger partial charge is 0.496 e. The number of hydrogen-bond donors (Lipinski definition) is 0. The molecule has 7 nitrogen and oxygen atoms in total. The molecule has 0 aromatic heterocycles. The number of amides is 1. The van der Waals surface area contributed by atoms with Crippen molar-refractivity contribution >= 4 is 32.6 Å². The third-order valence-corrected chi connectivity index (χ3v) is 8.68. The number of nitrogens with zero attached hydrogens (tertiary/aromatic N) is 1. The molecule has 0 N–H and O–H groups in total. The number of ether oxygens (including phenoxy) is 1. The molecule has 0 aliphatic heterocycles. The second-order valence-corrected chi connectivity index (χ2v) is 10.7. The first-order chi connectivity index (χ1) is 14.5. The summed E-state index contributed by atoms with van der Waals surface area (Å²) in [6.45, 7) is 3.92. The van der Waals surface area contributed by atoms with Gasteiger partial charge in [0, 0.05) is 24.4 Å². The van der Waals surface area contributed by atoms with Gasteiger partial charge in [-0.15, -0.1) is 4.28 Å². The van der Waals surface area contributed by atoms with Crippen LogP contribution in [-0.4, -0.2) is 45.1 Å². The van der Waals surface area contributed by atoms with Gasteiger partial charge in [-0.1, -0.05) is 26.0 Å². The number of rotatable bonds is 6. The molecule has 2 bridgehead atoms. The highest BCUT2D eigenvalue weighted by molar-refractivity contribution is 7.86. The fourth-order valence-corrected chi connectivity index (χ4v) is 7.13. The van der Waals surface area contributed by atoms with Crippen molar-refractivity contribution in [3.8, 4) is 5.75 Å². The minimum atomic E-state index is -4.15. The van der Waals surface area contributed by atoms with E-state index in [1.54, 1.807) is 25.3 Å². The van der Waals surface area contributed by atoms with E-state index in [1.807, 2.05) is 32.0 Å². The molecule has 2 aliphatic carbocycles. The number of hydroxylamine groups is 2. The molecule has 0 spiro atoms. The Hall–Kier alpha value is -2.45. The summed E-state index contributed by atoms with van der Waals surface area (Å²) in [6, 6.07) is 10.5. The van der Waals surface area contributed by atoms with Gasteiger partial charge < -0.3 is 4.74 Å². The lowest BCUT2D eigenvalue weighted by Gasteiger charge is -2.36. The Morgan fingerprint density at radius 2 is 1.97 bits per heavy atom. The number of Topliss-reactive ketones (excluding diaryl/α,β-unsaturated/α-hetero) is 1. The van der Waals surface area contributed by atoms with E-state index < -0.39 is 32.6 Å². The number of ketones is 1. The number of fused-ring (bicyclic) bond motifs is 3. The van der Waals surface area contributed by atoms with Crippen LogP contribution in [0.25, 0.3) is 10.8 Å². The zero-order valence-corrected chi connectivity index (χ0v) is 19.0. The van der Waals surface area contributed by atoms with Crippen LogP contribution in [0.4, 0.5) is 0 Å².